The van der Waals surface area contributed by atoms with Crippen LogP contribution in [0.2, 0.25) is 0 Å². The highest BCUT2D eigenvalue weighted by Crippen LogP contribution is 2.19. The molecule has 0 aromatic heterocycles. The second kappa shape index (κ2) is 8.84. The highest BCUT2D eigenvalue weighted by Gasteiger charge is 2.26. The molecule has 0 bridgehead atoms. The lowest BCUT2D eigenvalue weighted by Crippen LogP contribution is -2.40. The molecule has 1 amide bonds. The zero-order valence-electron chi connectivity index (χ0n) is 16.7. The Labute approximate surface area is 176 Å². The predicted molar refractivity (Wildman–Crippen MR) is 111 cm³/mol. The van der Waals surface area contributed by atoms with Gasteiger partial charge in [0, 0.05) is 24.9 Å². The minimum atomic E-state index is -3.61. The summed E-state index contributed by atoms with van der Waals surface area (Å²) in [5.41, 5.74) is 1.08. The first-order valence-electron chi connectivity index (χ1n) is 9.38. The van der Waals surface area contributed by atoms with Crippen LogP contribution in [0.25, 0.3) is 0 Å². The second-order valence-corrected chi connectivity index (χ2v) is 11.0. The van der Waals surface area contributed by atoms with Crippen LogP contribution in [-0.2, 0) is 24.6 Å². The molecule has 0 radical (unpaired) electrons. The number of carbonyl (C=O) groups excluding carboxylic acids is 1. The molecule has 162 valence electrons. The van der Waals surface area contributed by atoms with E-state index in [4.69, 9.17) is 4.74 Å². The number of nitrogens with one attached hydrogen (secondary N) is 1. The molecule has 0 saturated carbocycles. The summed E-state index contributed by atoms with van der Waals surface area (Å²) in [7, 11) is -6.90. The van der Waals surface area contributed by atoms with Crippen molar-refractivity contribution < 1.29 is 26.4 Å². The third-order valence-electron chi connectivity index (χ3n) is 4.88. The van der Waals surface area contributed by atoms with Crippen LogP contribution < -0.4 is 5.32 Å². The van der Waals surface area contributed by atoms with Crippen LogP contribution in [0.4, 0.5) is 0 Å². The normalized spacial score (nSPS) is 16.7. The maximum atomic E-state index is 12.7. The van der Waals surface area contributed by atoms with Crippen molar-refractivity contribution in [2.45, 2.75) is 22.8 Å². The van der Waals surface area contributed by atoms with Crippen molar-refractivity contribution >= 4 is 25.8 Å². The Hall–Kier alpha value is -2.27. The summed E-state index contributed by atoms with van der Waals surface area (Å²) in [6.45, 7) is 3.12. The Morgan fingerprint density at radius 2 is 1.47 bits per heavy atom. The molecule has 3 rings (SSSR count). The number of rotatable bonds is 6. The highest BCUT2D eigenvalue weighted by atomic mass is 32.2. The molecule has 2 aromatic carbocycles. The lowest BCUT2D eigenvalue weighted by atomic mass is 10.1. The summed E-state index contributed by atoms with van der Waals surface area (Å²) >= 11 is 0. The molecular weight excluding hydrogens is 428 g/mol. The summed E-state index contributed by atoms with van der Waals surface area (Å²) in [6.07, 6.45) is 1.14. The molecule has 1 atom stereocenters. The standard InChI is InChI=1S/C20H24N2O6S2/c1-15(16-3-7-18(8-4-16)29(2,24)25)21-20(23)17-5-9-19(10-6-17)30(26,27)22-11-13-28-14-12-22/h3-10,15H,11-14H2,1-2H3,(H,21,23)/t15-/m0/s1. The van der Waals surface area contributed by atoms with Gasteiger partial charge in [-0.2, -0.15) is 4.31 Å². The van der Waals surface area contributed by atoms with E-state index in [1.807, 2.05) is 0 Å². The Bertz CT molecular complexity index is 1100. The van der Waals surface area contributed by atoms with Gasteiger partial charge >= 0.3 is 0 Å². The molecule has 1 fully saturated rings. The Morgan fingerprint density at radius 1 is 0.933 bits per heavy atom. The van der Waals surface area contributed by atoms with Crippen molar-refractivity contribution in [3.63, 3.8) is 0 Å². The molecule has 10 heteroatoms. The highest BCUT2D eigenvalue weighted by molar-refractivity contribution is 7.90. The van der Waals surface area contributed by atoms with Gasteiger partial charge in [-0.3, -0.25) is 4.79 Å². The molecule has 2 aromatic rings. The zero-order valence-corrected chi connectivity index (χ0v) is 18.4. The fourth-order valence-corrected chi connectivity index (χ4v) is 5.12. The van der Waals surface area contributed by atoms with Gasteiger partial charge in [0.2, 0.25) is 10.0 Å². The Morgan fingerprint density at radius 3 is 2.00 bits per heavy atom. The van der Waals surface area contributed by atoms with Crippen LogP contribution >= 0.6 is 0 Å². The van der Waals surface area contributed by atoms with E-state index in [9.17, 15) is 21.6 Å². The number of morpholine rings is 1. The first-order valence-corrected chi connectivity index (χ1v) is 12.7. The van der Waals surface area contributed by atoms with Crippen LogP contribution in [0.15, 0.2) is 58.3 Å². The molecule has 30 heavy (non-hydrogen) atoms. The molecule has 1 N–H and O–H groups in total. The van der Waals surface area contributed by atoms with E-state index in [-0.39, 0.29) is 21.7 Å². The monoisotopic (exact) mass is 452 g/mol. The molecule has 1 saturated heterocycles. The molecule has 1 aliphatic rings. The van der Waals surface area contributed by atoms with Crippen LogP contribution in [0.3, 0.4) is 0 Å². The number of nitrogens with zero attached hydrogens (tertiary/aromatic N) is 1. The van der Waals surface area contributed by atoms with E-state index in [0.29, 0.717) is 31.9 Å². The largest absolute Gasteiger partial charge is 0.379 e. The first-order chi connectivity index (χ1) is 14.1. The second-order valence-electron chi connectivity index (χ2n) is 7.08. The molecule has 0 spiro atoms. The van der Waals surface area contributed by atoms with E-state index in [2.05, 4.69) is 5.32 Å². The Kier molecular flexibility index (Phi) is 6.61. The lowest BCUT2D eigenvalue weighted by Gasteiger charge is -2.26. The van der Waals surface area contributed by atoms with E-state index in [1.54, 1.807) is 19.1 Å². The number of benzene rings is 2. The summed E-state index contributed by atoms with van der Waals surface area (Å²) in [4.78, 5) is 12.9. The fraction of sp³-hybridized carbons (Fsp3) is 0.350. The lowest BCUT2D eigenvalue weighted by molar-refractivity contribution is 0.0730. The van der Waals surface area contributed by atoms with Crippen molar-refractivity contribution in [3.05, 3.63) is 59.7 Å². The van der Waals surface area contributed by atoms with Crippen molar-refractivity contribution in [2.75, 3.05) is 32.6 Å². The number of sulfonamides is 1. The smallest absolute Gasteiger partial charge is 0.251 e. The van der Waals surface area contributed by atoms with Crippen LogP contribution in [0.5, 0.6) is 0 Å². The van der Waals surface area contributed by atoms with E-state index < -0.39 is 19.9 Å². The maximum absolute atomic E-state index is 12.7. The van der Waals surface area contributed by atoms with Gasteiger partial charge in [-0.1, -0.05) is 12.1 Å². The van der Waals surface area contributed by atoms with E-state index in [1.165, 1.54) is 40.7 Å². The number of carbonyl (C=O) groups is 1. The number of amides is 1. The third-order valence-corrected chi connectivity index (χ3v) is 7.92. The number of hydrogen-bond acceptors (Lipinski definition) is 6. The molecule has 0 aliphatic carbocycles. The zero-order chi connectivity index (χ0) is 21.9. The number of sulfone groups is 1. The number of hydrogen-bond donors (Lipinski definition) is 1. The van der Waals surface area contributed by atoms with Crippen molar-refractivity contribution in [2.24, 2.45) is 0 Å². The van der Waals surface area contributed by atoms with Gasteiger partial charge < -0.3 is 10.1 Å². The van der Waals surface area contributed by atoms with Gasteiger partial charge in [-0.25, -0.2) is 16.8 Å². The summed E-state index contributed by atoms with van der Waals surface area (Å²) < 4.78 is 55.0. The third kappa shape index (κ3) is 5.07. The van der Waals surface area contributed by atoms with E-state index in [0.717, 1.165) is 11.8 Å². The summed E-state index contributed by atoms with van der Waals surface area (Å²) in [6, 6.07) is 11.7. The van der Waals surface area contributed by atoms with Crippen LogP contribution in [0, 0.1) is 0 Å². The predicted octanol–water partition coefficient (Wildman–Crippen LogP) is 1.60. The average Bonchev–Trinajstić information content (AvgIpc) is 2.74. The van der Waals surface area contributed by atoms with Crippen LogP contribution in [0.1, 0.15) is 28.9 Å². The van der Waals surface area contributed by atoms with Gasteiger partial charge in [0.15, 0.2) is 9.84 Å². The van der Waals surface area contributed by atoms with Gasteiger partial charge in [-0.05, 0) is 48.9 Å². The minimum Gasteiger partial charge on any atom is -0.379 e. The summed E-state index contributed by atoms with van der Waals surface area (Å²) in [5, 5.41) is 2.83. The topological polar surface area (TPSA) is 110 Å². The Balaban J connectivity index is 1.68. The minimum absolute atomic E-state index is 0.130. The maximum Gasteiger partial charge on any atom is 0.251 e. The SMILES string of the molecule is C[C@H](NC(=O)c1ccc(S(=O)(=O)N2CCOCC2)cc1)c1ccc(S(C)(=O)=O)cc1. The van der Waals surface area contributed by atoms with Crippen molar-refractivity contribution in [3.8, 4) is 0 Å². The quantitative estimate of drug-likeness (QED) is 0.713. The average molecular weight is 453 g/mol. The van der Waals surface area contributed by atoms with Crippen LogP contribution in [-0.4, -0.2) is 59.6 Å². The molecular formula is C20H24N2O6S2. The molecule has 0 unspecified atom stereocenters. The molecule has 1 aliphatic heterocycles. The van der Waals surface area contributed by atoms with Crippen molar-refractivity contribution in [1.29, 1.82) is 0 Å². The summed E-state index contributed by atoms with van der Waals surface area (Å²) in [5.74, 6) is -0.356. The van der Waals surface area contributed by atoms with E-state index >= 15 is 0 Å². The first kappa shape index (κ1) is 22.4. The van der Waals surface area contributed by atoms with Crippen molar-refractivity contribution in [1.82, 2.24) is 9.62 Å². The fourth-order valence-electron chi connectivity index (χ4n) is 3.08. The molecule has 8 nitrogen and oxygen atoms in total. The van der Waals surface area contributed by atoms with Gasteiger partial charge in [-0.15, -0.1) is 0 Å². The van der Waals surface area contributed by atoms with Gasteiger partial charge in [0.1, 0.15) is 0 Å². The number of ether oxygens (including phenoxy) is 1. The molecule has 1 heterocycles. The van der Waals surface area contributed by atoms with Gasteiger partial charge in [0.05, 0.1) is 29.0 Å². The van der Waals surface area contributed by atoms with Gasteiger partial charge in [0.25, 0.3) is 5.91 Å².